The van der Waals surface area contributed by atoms with Gasteiger partial charge in [0.15, 0.2) is 9.84 Å². The molecule has 9 heteroatoms. The zero-order chi connectivity index (χ0) is 22.6. The van der Waals surface area contributed by atoms with Gasteiger partial charge in [0.25, 0.3) is 5.91 Å². The number of para-hydroxylation sites is 1. The van der Waals surface area contributed by atoms with Gasteiger partial charge in [-0.25, -0.2) is 13.4 Å². The first-order valence-corrected chi connectivity index (χ1v) is 12.2. The van der Waals surface area contributed by atoms with Crippen molar-refractivity contribution in [1.29, 1.82) is 0 Å². The van der Waals surface area contributed by atoms with Crippen LogP contribution in [0.25, 0.3) is 10.9 Å². The van der Waals surface area contributed by atoms with E-state index in [1.165, 1.54) is 9.91 Å². The van der Waals surface area contributed by atoms with Crippen molar-refractivity contribution in [3.8, 4) is 0 Å². The van der Waals surface area contributed by atoms with Crippen LogP contribution in [0.4, 0.5) is 0 Å². The van der Waals surface area contributed by atoms with Gasteiger partial charge < -0.3 is 9.47 Å². The van der Waals surface area contributed by atoms with E-state index < -0.39 is 9.84 Å². The van der Waals surface area contributed by atoms with Gasteiger partial charge in [-0.05, 0) is 18.6 Å². The Hall–Kier alpha value is -2.68. The molecule has 2 aromatic rings. The van der Waals surface area contributed by atoms with Gasteiger partial charge in [0, 0.05) is 29.4 Å². The second kappa shape index (κ2) is 7.47. The maximum absolute atomic E-state index is 13.4. The van der Waals surface area contributed by atoms with Crippen molar-refractivity contribution in [3.63, 3.8) is 0 Å². The summed E-state index contributed by atoms with van der Waals surface area (Å²) >= 11 is 0. The zero-order valence-corrected chi connectivity index (χ0v) is 19.1. The number of rotatable bonds is 3. The summed E-state index contributed by atoms with van der Waals surface area (Å²) in [6.07, 6.45) is 0.420. The second-order valence-corrected chi connectivity index (χ2v) is 11.6. The molecule has 0 spiro atoms. The topological polar surface area (TPSA) is 92.1 Å². The van der Waals surface area contributed by atoms with Crippen molar-refractivity contribution in [1.82, 2.24) is 14.5 Å². The highest BCUT2D eigenvalue weighted by Gasteiger charge is 2.35. The first kappa shape index (κ1) is 21.5. The number of fused-ring (bicyclic) bond motifs is 3. The minimum Gasteiger partial charge on any atom is -0.340 e. The Balaban J connectivity index is 1.67. The van der Waals surface area contributed by atoms with Gasteiger partial charge >= 0.3 is 0 Å². The fourth-order valence-electron chi connectivity index (χ4n) is 4.08. The molecule has 31 heavy (non-hydrogen) atoms. The number of hydrazone groups is 1. The Morgan fingerprint density at radius 2 is 1.97 bits per heavy atom. The smallest absolute Gasteiger partial charge is 0.291 e. The summed E-state index contributed by atoms with van der Waals surface area (Å²) in [7, 11) is -1.51. The van der Waals surface area contributed by atoms with Crippen molar-refractivity contribution in [2.24, 2.45) is 10.5 Å². The van der Waals surface area contributed by atoms with E-state index in [0.717, 1.165) is 16.6 Å². The third-order valence-corrected chi connectivity index (χ3v) is 7.86. The summed E-state index contributed by atoms with van der Waals surface area (Å²) < 4.78 is 25.6. The molecule has 0 aliphatic carbocycles. The maximum Gasteiger partial charge on any atom is 0.291 e. The van der Waals surface area contributed by atoms with Gasteiger partial charge in [-0.3, -0.25) is 9.59 Å². The number of likely N-dealkylation sites (N-methyl/N-ethyl adjacent to an activating group) is 1. The minimum absolute atomic E-state index is 0.0338. The average molecular weight is 445 g/mol. The predicted molar refractivity (Wildman–Crippen MR) is 120 cm³/mol. The van der Waals surface area contributed by atoms with Crippen LogP contribution in [0.2, 0.25) is 0 Å². The first-order valence-electron chi connectivity index (χ1n) is 10.4. The van der Waals surface area contributed by atoms with Crippen LogP contribution in [0.1, 0.15) is 37.7 Å². The van der Waals surface area contributed by atoms with E-state index in [1.54, 1.807) is 7.05 Å². The highest BCUT2D eigenvalue weighted by atomic mass is 32.2. The van der Waals surface area contributed by atoms with Gasteiger partial charge in [-0.2, -0.15) is 5.10 Å². The van der Waals surface area contributed by atoms with Crippen LogP contribution in [-0.2, 0) is 21.2 Å². The summed E-state index contributed by atoms with van der Waals surface area (Å²) in [6, 6.07) is 9.27. The summed E-state index contributed by atoms with van der Waals surface area (Å²) in [5.74, 6) is -0.605. The summed E-state index contributed by atoms with van der Waals surface area (Å²) in [4.78, 5) is 27.8. The van der Waals surface area contributed by atoms with Crippen LogP contribution in [0.15, 0.2) is 35.4 Å². The van der Waals surface area contributed by atoms with E-state index in [1.807, 2.05) is 55.7 Å². The van der Waals surface area contributed by atoms with Crippen LogP contribution in [0.5, 0.6) is 0 Å². The van der Waals surface area contributed by atoms with E-state index in [9.17, 15) is 18.0 Å². The summed E-state index contributed by atoms with van der Waals surface area (Å²) in [5, 5.41) is 6.81. The van der Waals surface area contributed by atoms with Crippen LogP contribution in [0, 0.1) is 5.41 Å². The van der Waals surface area contributed by atoms with E-state index in [-0.39, 0.29) is 41.3 Å². The SMILES string of the molecule is CN(C(=O)CN1N=C(C(C)(C)C)Cn2c(cc3ccccc32)C1=O)[C@H]1CCS(=O)(=O)C1. The number of benzene rings is 1. The monoisotopic (exact) mass is 444 g/mol. The number of nitrogens with zero attached hydrogens (tertiary/aromatic N) is 4. The van der Waals surface area contributed by atoms with Gasteiger partial charge in [0.2, 0.25) is 5.91 Å². The Bertz CT molecular complexity index is 1190. The number of amides is 2. The van der Waals surface area contributed by atoms with Gasteiger partial charge in [-0.1, -0.05) is 39.0 Å². The molecular weight excluding hydrogens is 416 g/mol. The maximum atomic E-state index is 13.4. The zero-order valence-electron chi connectivity index (χ0n) is 18.3. The highest BCUT2D eigenvalue weighted by molar-refractivity contribution is 7.91. The fraction of sp³-hybridized carbons (Fsp3) is 0.500. The number of sulfone groups is 1. The summed E-state index contributed by atoms with van der Waals surface area (Å²) in [6.45, 7) is 6.32. The standard InChI is InChI=1S/C22H28N4O4S/c1-22(2,3)19-12-25-17-8-6-5-7-15(17)11-18(25)21(28)26(23-19)13-20(27)24(4)16-9-10-31(29,30)14-16/h5-8,11,16H,9-10,12-14H2,1-4H3/t16-/m0/s1. The molecule has 2 aliphatic rings. The quantitative estimate of drug-likeness (QED) is 0.725. The van der Waals surface area contributed by atoms with Crippen molar-refractivity contribution >= 4 is 38.3 Å². The Morgan fingerprint density at radius 1 is 1.26 bits per heavy atom. The lowest BCUT2D eigenvalue weighted by atomic mass is 9.90. The molecule has 2 aliphatic heterocycles. The Morgan fingerprint density at radius 3 is 2.61 bits per heavy atom. The molecular formula is C22H28N4O4S. The molecule has 0 saturated carbocycles. The average Bonchev–Trinajstić information content (AvgIpc) is 3.20. The predicted octanol–water partition coefficient (Wildman–Crippen LogP) is 2.14. The molecule has 4 rings (SSSR count). The molecule has 1 aromatic heterocycles. The van der Waals surface area contributed by atoms with Crippen LogP contribution in [0.3, 0.4) is 0 Å². The van der Waals surface area contributed by atoms with Crippen LogP contribution < -0.4 is 0 Å². The number of aromatic nitrogens is 1. The summed E-state index contributed by atoms with van der Waals surface area (Å²) in [5.41, 5.74) is 1.92. The number of carbonyl (C=O) groups excluding carboxylic acids is 2. The molecule has 1 fully saturated rings. The Kier molecular flexibility index (Phi) is 5.20. The highest BCUT2D eigenvalue weighted by Crippen LogP contribution is 2.28. The molecule has 1 aromatic carbocycles. The van der Waals surface area contributed by atoms with E-state index >= 15 is 0 Å². The molecule has 0 radical (unpaired) electrons. The first-order chi connectivity index (χ1) is 14.5. The number of carbonyl (C=O) groups is 2. The molecule has 8 nitrogen and oxygen atoms in total. The molecule has 1 saturated heterocycles. The van der Waals surface area contributed by atoms with E-state index in [2.05, 4.69) is 5.10 Å². The van der Waals surface area contributed by atoms with Crippen molar-refractivity contribution < 1.29 is 18.0 Å². The lowest BCUT2D eigenvalue weighted by molar-refractivity contribution is -0.132. The molecule has 2 amide bonds. The number of hydrogen-bond donors (Lipinski definition) is 0. The van der Waals surface area contributed by atoms with Gasteiger partial charge in [0.05, 0.1) is 23.8 Å². The molecule has 0 N–H and O–H groups in total. The molecule has 1 atom stereocenters. The van der Waals surface area contributed by atoms with E-state index in [4.69, 9.17) is 0 Å². The molecule has 3 heterocycles. The lowest BCUT2D eigenvalue weighted by Crippen LogP contribution is -2.44. The van der Waals surface area contributed by atoms with Crippen LogP contribution in [-0.4, -0.2) is 71.6 Å². The Labute approximate surface area is 182 Å². The van der Waals surface area contributed by atoms with Crippen LogP contribution >= 0.6 is 0 Å². The van der Waals surface area contributed by atoms with Gasteiger partial charge in [-0.15, -0.1) is 0 Å². The normalized spacial score (nSPS) is 21.0. The van der Waals surface area contributed by atoms with Crippen molar-refractivity contribution in [2.75, 3.05) is 25.1 Å². The van der Waals surface area contributed by atoms with Gasteiger partial charge in [0.1, 0.15) is 12.2 Å². The molecule has 166 valence electrons. The molecule has 0 bridgehead atoms. The number of hydrogen-bond acceptors (Lipinski definition) is 5. The van der Waals surface area contributed by atoms with Crippen molar-refractivity contribution in [2.45, 2.75) is 39.8 Å². The minimum atomic E-state index is -3.11. The third-order valence-electron chi connectivity index (χ3n) is 6.11. The van der Waals surface area contributed by atoms with Crippen molar-refractivity contribution in [3.05, 3.63) is 36.0 Å². The van der Waals surface area contributed by atoms with E-state index in [0.29, 0.717) is 18.7 Å². The largest absolute Gasteiger partial charge is 0.340 e. The fourth-order valence-corrected chi connectivity index (χ4v) is 5.86. The molecule has 0 unspecified atom stereocenters. The second-order valence-electron chi connectivity index (χ2n) is 9.40. The third kappa shape index (κ3) is 4.11. The lowest BCUT2D eigenvalue weighted by Gasteiger charge is -2.27.